The van der Waals surface area contributed by atoms with Crippen LogP contribution in [0, 0.1) is 0 Å². The Morgan fingerprint density at radius 3 is 2.22 bits per heavy atom. The third-order valence-electron chi connectivity index (χ3n) is 6.85. The number of H-pyrrole nitrogens is 1. The summed E-state index contributed by atoms with van der Waals surface area (Å²) in [4.78, 5) is 8.99. The first-order valence-corrected chi connectivity index (χ1v) is 10.9. The molecule has 4 aromatic heterocycles. The first-order valence-electron chi connectivity index (χ1n) is 10.9. The van der Waals surface area contributed by atoms with Gasteiger partial charge in [-0.15, -0.1) is 0 Å². The molecule has 0 radical (unpaired) electrons. The Labute approximate surface area is 182 Å². The number of nitrogens with one attached hydrogen (secondary N) is 1. The molecule has 32 heavy (non-hydrogen) atoms. The lowest BCUT2D eigenvalue weighted by atomic mass is 10.0. The monoisotopic (exact) mass is 407 g/mol. The fourth-order valence-corrected chi connectivity index (χ4v) is 5.55. The van der Waals surface area contributed by atoms with Crippen LogP contribution in [-0.4, -0.2) is 14.4 Å². The first-order chi connectivity index (χ1) is 15.9. The van der Waals surface area contributed by atoms with Gasteiger partial charge in [0.1, 0.15) is 5.65 Å². The van der Waals surface area contributed by atoms with Crippen LogP contribution in [0.15, 0.2) is 97.1 Å². The van der Waals surface area contributed by atoms with E-state index in [0.717, 1.165) is 27.9 Å². The fraction of sp³-hybridized carbons (Fsp3) is 0. The van der Waals surface area contributed by atoms with Gasteiger partial charge in [0, 0.05) is 32.6 Å². The summed E-state index contributed by atoms with van der Waals surface area (Å²) in [5.41, 5.74) is 7.79. The molecule has 0 bridgehead atoms. The lowest BCUT2D eigenvalue weighted by Gasteiger charge is -2.05. The summed E-state index contributed by atoms with van der Waals surface area (Å²) in [6.45, 7) is 0. The van der Waals surface area contributed by atoms with Gasteiger partial charge in [0.05, 0.1) is 27.6 Å². The largest absolute Gasteiger partial charge is 0.354 e. The van der Waals surface area contributed by atoms with E-state index >= 15 is 0 Å². The molecule has 3 heteroatoms. The van der Waals surface area contributed by atoms with Crippen molar-refractivity contribution in [1.82, 2.24) is 14.4 Å². The second-order valence-corrected chi connectivity index (χ2v) is 8.53. The SMILES string of the molecule is c1ccc(-c2cc3[nH]c4cccc5c6cccc7c8ccccc8n(c(n2)c3c45)c67)cc1. The number of fused-ring (bicyclic) bond motifs is 5. The molecular formula is C29H17N3. The van der Waals surface area contributed by atoms with Crippen molar-refractivity contribution in [1.29, 1.82) is 0 Å². The molecule has 0 aliphatic heterocycles. The highest BCUT2D eigenvalue weighted by Gasteiger charge is 2.20. The van der Waals surface area contributed by atoms with Gasteiger partial charge in [-0.2, -0.15) is 0 Å². The summed E-state index contributed by atoms with van der Waals surface area (Å²) in [6, 6.07) is 34.5. The smallest absolute Gasteiger partial charge is 0.148 e. The highest BCUT2D eigenvalue weighted by molar-refractivity contribution is 6.30. The number of benzene rings is 4. The lowest BCUT2D eigenvalue weighted by molar-refractivity contribution is 1.26. The average Bonchev–Trinajstić information content (AvgIpc) is 3.35. The summed E-state index contributed by atoms with van der Waals surface area (Å²) >= 11 is 0. The van der Waals surface area contributed by atoms with Crippen LogP contribution >= 0.6 is 0 Å². The van der Waals surface area contributed by atoms with Crippen molar-refractivity contribution < 1.29 is 0 Å². The first kappa shape index (κ1) is 16.3. The number of rotatable bonds is 1. The molecule has 0 amide bonds. The van der Waals surface area contributed by atoms with Gasteiger partial charge in [-0.3, -0.25) is 4.40 Å². The van der Waals surface area contributed by atoms with Crippen LogP contribution in [-0.2, 0) is 0 Å². The molecule has 0 aliphatic rings. The van der Waals surface area contributed by atoms with Crippen LogP contribution in [0.25, 0.3) is 71.3 Å². The van der Waals surface area contributed by atoms with Gasteiger partial charge < -0.3 is 4.98 Å². The molecule has 0 atom stereocenters. The molecule has 0 saturated carbocycles. The molecule has 0 fully saturated rings. The van der Waals surface area contributed by atoms with Crippen LogP contribution in [0.3, 0.4) is 0 Å². The number of hydrogen-bond donors (Lipinski definition) is 1. The maximum Gasteiger partial charge on any atom is 0.148 e. The minimum Gasteiger partial charge on any atom is -0.354 e. The number of pyridine rings is 1. The normalized spacial score (nSPS) is 12.4. The Morgan fingerprint density at radius 1 is 0.594 bits per heavy atom. The summed E-state index contributed by atoms with van der Waals surface area (Å²) in [5.74, 6) is 0. The summed E-state index contributed by atoms with van der Waals surface area (Å²) < 4.78 is 2.38. The van der Waals surface area contributed by atoms with Gasteiger partial charge in [0.15, 0.2) is 0 Å². The molecule has 1 N–H and O–H groups in total. The predicted molar refractivity (Wildman–Crippen MR) is 134 cm³/mol. The zero-order chi connectivity index (χ0) is 20.8. The van der Waals surface area contributed by atoms with Crippen molar-refractivity contribution in [2.75, 3.05) is 0 Å². The van der Waals surface area contributed by atoms with E-state index in [2.05, 4.69) is 100 Å². The molecule has 8 aromatic rings. The zero-order valence-electron chi connectivity index (χ0n) is 17.1. The van der Waals surface area contributed by atoms with Crippen molar-refractivity contribution in [3.05, 3.63) is 97.1 Å². The van der Waals surface area contributed by atoms with Gasteiger partial charge in [-0.05, 0) is 23.6 Å². The molecule has 0 unspecified atom stereocenters. The standard InChI is InChI=1S/C29H17N3/c1-2-8-17(9-3-1)23-16-24-27-26-19(11-7-14-22(26)30-24)21-13-6-12-20-18-10-4-5-15-25(18)32(28(20)21)29(27)31-23/h1-16,30H. The molecule has 4 heterocycles. The van der Waals surface area contributed by atoms with Crippen molar-refractivity contribution in [3.63, 3.8) is 0 Å². The van der Waals surface area contributed by atoms with Crippen LogP contribution < -0.4 is 0 Å². The molecule has 0 saturated heterocycles. The minimum absolute atomic E-state index is 0.978. The Bertz CT molecular complexity index is 1970. The molecule has 8 rings (SSSR count). The van der Waals surface area contributed by atoms with Crippen LogP contribution in [0.5, 0.6) is 0 Å². The van der Waals surface area contributed by atoms with E-state index in [4.69, 9.17) is 4.98 Å². The number of aromatic amines is 1. The minimum atomic E-state index is 0.978. The summed E-state index contributed by atoms with van der Waals surface area (Å²) in [7, 11) is 0. The van der Waals surface area contributed by atoms with E-state index in [1.54, 1.807) is 0 Å². The van der Waals surface area contributed by atoms with Crippen molar-refractivity contribution >= 4 is 60.0 Å². The molecule has 3 nitrogen and oxygen atoms in total. The quantitative estimate of drug-likeness (QED) is 0.300. The van der Waals surface area contributed by atoms with Crippen LogP contribution in [0.4, 0.5) is 0 Å². The third-order valence-corrected chi connectivity index (χ3v) is 6.85. The van der Waals surface area contributed by atoms with Gasteiger partial charge in [-0.25, -0.2) is 4.98 Å². The van der Waals surface area contributed by atoms with Gasteiger partial charge in [0.25, 0.3) is 0 Å². The molecular weight excluding hydrogens is 390 g/mol. The van der Waals surface area contributed by atoms with E-state index in [9.17, 15) is 0 Å². The van der Waals surface area contributed by atoms with Gasteiger partial charge >= 0.3 is 0 Å². The lowest BCUT2D eigenvalue weighted by Crippen LogP contribution is -1.92. The van der Waals surface area contributed by atoms with E-state index in [-0.39, 0.29) is 0 Å². The second kappa shape index (κ2) is 5.65. The van der Waals surface area contributed by atoms with Crippen molar-refractivity contribution in [3.8, 4) is 11.3 Å². The maximum atomic E-state index is 5.31. The average molecular weight is 407 g/mol. The molecule has 4 aromatic carbocycles. The van der Waals surface area contributed by atoms with E-state index in [1.807, 2.05) is 6.07 Å². The van der Waals surface area contributed by atoms with Crippen LogP contribution in [0.1, 0.15) is 0 Å². The van der Waals surface area contributed by atoms with E-state index in [1.165, 1.54) is 43.4 Å². The number of hydrogen-bond acceptors (Lipinski definition) is 1. The topological polar surface area (TPSA) is 33.1 Å². The highest BCUT2D eigenvalue weighted by atomic mass is 15.0. The highest BCUT2D eigenvalue weighted by Crippen LogP contribution is 2.42. The second-order valence-electron chi connectivity index (χ2n) is 8.53. The number of nitrogens with zero attached hydrogens (tertiary/aromatic N) is 2. The van der Waals surface area contributed by atoms with E-state index in [0.29, 0.717) is 0 Å². The van der Waals surface area contributed by atoms with Crippen LogP contribution in [0.2, 0.25) is 0 Å². The Hall–Kier alpha value is -4.37. The predicted octanol–water partition coefficient (Wildman–Crippen LogP) is 7.53. The Balaban J connectivity index is 1.78. The number of aromatic nitrogens is 3. The van der Waals surface area contributed by atoms with Crippen molar-refractivity contribution in [2.24, 2.45) is 0 Å². The molecule has 0 aliphatic carbocycles. The Kier molecular flexibility index (Phi) is 2.89. The number of para-hydroxylation sites is 2. The zero-order valence-corrected chi connectivity index (χ0v) is 17.1. The van der Waals surface area contributed by atoms with Crippen molar-refractivity contribution in [2.45, 2.75) is 0 Å². The maximum absolute atomic E-state index is 5.31. The third kappa shape index (κ3) is 1.89. The van der Waals surface area contributed by atoms with Gasteiger partial charge in [-0.1, -0.05) is 78.9 Å². The Morgan fingerprint density at radius 2 is 1.31 bits per heavy atom. The molecule has 0 spiro atoms. The summed E-state index contributed by atoms with van der Waals surface area (Å²) in [5, 5.41) is 7.49. The molecule has 148 valence electrons. The van der Waals surface area contributed by atoms with Gasteiger partial charge in [0.2, 0.25) is 0 Å². The summed E-state index contributed by atoms with van der Waals surface area (Å²) in [6.07, 6.45) is 0. The fourth-order valence-electron chi connectivity index (χ4n) is 5.55. The van der Waals surface area contributed by atoms with E-state index < -0.39 is 0 Å².